The third-order valence-electron chi connectivity index (χ3n) is 3.37. The van der Waals surface area contributed by atoms with Crippen LogP contribution in [0.3, 0.4) is 0 Å². The maximum absolute atomic E-state index is 12.3. The first-order valence-corrected chi connectivity index (χ1v) is 12.1. The number of benzene rings is 2. The molecule has 0 radical (unpaired) electrons. The van der Waals surface area contributed by atoms with E-state index in [9.17, 15) is 9.59 Å². The molecule has 2 aromatic carbocycles. The van der Waals surface area contributed by atoms with Crippen molar-refractivity contribution in [3.8, 4) is 0 Å². The number of carbonyl (C=O) groups is 1. The minimum absolute atomic E-state index is 0.357. The van der Waals surface area contributed by atoms with Crippen LogP contribution in [0.15, 0.2) is 63.8 Å². The number of carbonyl (C=O) groups excluding carboxylic acids is 1. The van der Waals surface area contributed by atoms with Crippen LogP contribution in [0.5, 0.6) is 0 Å². The Balaban J connectivity index is 2.15. The van der Waals surface area contributed by atoms with Crippen molar-refractivity contribution in [1.82, 2.24) is 0 Å². The fourth-order valence-corrected chi connectivity index (χ4v) is 6.04. The molecule has 0 saturated carbocycles. The van der Waals surface area contributed by atoms with Gasteiger partial charge < -0.3 is 0 Å². The average molecular weight is 496 g/mol. The number of rotatable bonds is 4. The number of fused-ring (bicyclic) bond motifs is 1. The van der Waals surface area contributed by atoms with E-state index in [0.29, 0.717) is 14.3 Å². The Morgan fingerprint density at radius 1 is 1.09 bits per heavy atom. The summed E-state index contributed by atoms with van der Waals surface area (Å²) in [6.45, 7) is 1.35. The van der Waals surface area contributed by atoms with E-state index in [2.05, 4.69) is 5.32 Å². The molecule has 1 N–H and O–H groups in total. The summed E-state index contributed by atoms with van der Waals surface area (Å²) in [6.07, 6.45) is 0. The van der Waals surface area contributed by atoms with Gasteiger partial charge >= 0.3 is 146 Å². The molecule has 0 saturated heterocycles. The van der Waals surface area contributed by atoms with Crippen molar-refractivity contribution >= 4 is 31.4 Å². The van der Waals surface area contributed by atoms with Gasteiger partial charge in [0.05, 0.1) is 0 Å². The van der Waals surface area contributed by atoms with Crippen molar-refractivity contribution in [2.45, 2.75) is 6.92 Å². The molecule has 0 aliphatic rings. The topological polar surface area (TPSA) is 68.5 Å². The van der Waals surface area contributed by atoms with Crippen molar-refractivity contribution in [1.29, 1.82) is 0 Å². The molecule has 6 heteroatoms. The summed E-state index contributed by atoms with van der Waals surface area (Å²) in [7, 11) is 0. The quantitative estimate of drug-likeness (QED) is 0.445. The van der Waals surface area contributed by atoms with Gasteiger partial charge in [0.1, 0.15) is 0 Å². The van der Waals surface area contributed by atoms with E-state index < -0.39 is 30.7 Å². The van der Waals surface area contributed by atoms with Crippen LogP contribution in [0.4, 0.5) is 11.4 Å². The number of para-hydroxylation sites is 2. The Bertz CT molecular complexity index is 905. The molecular formula is C17H13HgNO4. The van der Waals surface area contributed by atoms with Gasteiger partial charge in [-0.05, 0) is 0 Å². The average Bonchev–Trinajstić information content (AvgIpc) is 2.55. The summed E-state index contributed by atoms with van der Waals surface area (Å²) in [5.74, 6) is -0.357. The zero-order valence-electron chi connectivity index (χ0n) is 12.5. The molecule has 0 aliphatic heterocycles. The summed E-state index contributed by atoms with van der Waals surface area (Å²) in [5, 5.41) is 4.09. The zero-order chi connectivity index (χ0) is 16.2. The molecule has 0 spiro atoms. The Morgan fingerprint density at radius 2 is 1.78 bits per heavy atom. The predicted molar refractivity (Wildman–Crippen MR) is 83.6 cm³/mol. The monoisotopic (exact) mass is 497 g/mol. The number of nitrogens with one attached hydrogen (secondary N) is 1. The molecule has 23 heavy (non-hydrogen) atoms. The van der Waals surface area contributed by atoms with Crippen molar-refractivity contribution in [2.24, 2.45) is 0 Å². The van der Waals surface area contributed by atoms with Gasteiger partial charge in [0.2, 0.25) is 0 Å². The van der Waals surface area contributed by atoms with Crippen LogP contribution in [-0.4, -0.2) is 5.97 Å². The molecule has 112 valence electrons. The fourth-order valence-electron chi connectivity index (χ4n) is 2.30. The van der Waals surface area contributed by atoms with Crippen LogP contribution < -0.4 is 14.0 Å². The van der Waals surface area contributed by atoms with Crippen LogP contribution >= 0.6 is 0 Å². The van der Waals surface area contributed by atoms with Gasteiger partial charge in [-0.2, -0.15) is 0 Å². The molecule has 0 atom stereocenters. The second-order valence-electron chi connectivity index (χ2n) is 5.01. The number of hydrogen-bond donors (Lipinski definition) is 1. The van der Waals surface area contributed by atoms with Crippen LogP contribution in [-0.2, 0) is 32.5 Å². The zero-order valence-corrected chi connectivity index (χ0v) is 18.0. The standard InChI is InChI=1S/C15H10NO2.C2H4O2.Hg/c17-15-10-13(16-11-6-2-1-3-7-11)12-8-4-5-9-14(12)18-15;1-2(3)4;/h1-9,16H;1H3,(H,3,4);/q;;+1/p-1. The SMILES string of the molecule is CC(=O)[O][Hg][c]1c(Nc2ccccc2)c2ccccc2oc1=O. The van der Waals surface area contributed by atoms with Crippen molar-refractivity contribution < 1.29 is 36.9 Å². The van der Waals surface area contributed by atoms with Crippen molar-refractivity contribution in [3.05, 3.63) is 65.0 Å². The summed E-state index contributed by atoms with van der Waals surface area (Å²) in [5.41, 5.74) is 1.63. The van der Waals surface area contributed by atoms with Gasteiger partial charge in [-0.3, -0.25) is 0 Å². The van der Waals surface area contributed by atoms with E-state index in [0.717, 1.165) is 11.1 Å². The molecule has 0 unspecified atom stereocenters. The van der Waals surface area contributed by atoms with Gasteiger partial charge in [0, 0.05) is 0 Å². The van der Waals surface area contributed by atoms with Crippen LogP contribution in [0, 0.1) is 0 Å². The Kier molecular flexibility index (Phi) is 4.76. The van der Waals surface area contributed by atoms with Gasteiger partial charge in [-0.1, -0.05) is 0 Å². The normalized spacial score (nSPS) is 10.1. The molecule has 0 fully saturated rings. The molecule has 0 aliphatic carbocycles. The summed E-state index contributed by atoms with van der Waals surface area (Å²) >= 11 is -2.38. The van der Waals surface area contributed by atoms with Crippen molar-refractivity contribution in [2.75, 3.05) is 5.32 Å². The van der Waals surface area contributed by atoms with Crippen LogP contribution in [0.1, 0.15) is 6.92 Å². The van der Waals surface area contributed by atoms with Gasteiger partial charge in [-0.15, -0.1) is 0 Å². The summed E-state index contributed by atoms with van der Waals surface area (Å²) in [4.78, 5) is 23.5. The van der Waals surface area contributed by atoms with Gasteiger partial charge in [0.25, 0.3) is 0 Å². The minimum atomic E-state index is -2.38. The summed E-state index contributed by atoms with van der Waals surface area (Å²) in [6, 6.07) is 16.9. The van der Waals surface area contributed by atoms with Gasteiger partial charge in [-0.25, -0.2) is 0 Å². The Morgan fingerprint density at radius 3 is 2.52 bits per heavy atom. The van der Waals surface area contributed by atoms with Crippen LogP contribution in [0.25, 0.3) is 11.0 Å². The molecule has 3 rings (SSSR count). The maximum atomic E-state index is 12.3. The predicted octanol–water partition coefficient (Wildman–Crippen LogP) is 2.72. The number of anilines is 2. The molecule has 3 aromatic rings. The van der Waals surface area contributed by atoms with E-state index >= 15 is 0 Å². The second kappa shape index (κ2) is 6.96. The molecule has 0 amide bonds. The first kappa shape index (κ1) is 15.7. The first-order valence-electron chi connectivity index (χ1n) is 7.15. The van der Waals surface area contributed by atoms with Gasteiger partial charge in [0.15, 0.2) is 0 Å². The first-order chi connectivity index (χ1) is 11.1. The molecule has 0 bridgehead atoms. The third-order valence-corrected chi connectivity index (χ3v) is 9.13. The molecule has 5 nitrogen and oxygen atoms in total. The number of hydrogen-bond acceptors (Lipinski definition) is 5. The second-order valence-corrected chi connectivity index (χ2v) is 10.0. The van der Waals surface area contributed by atoms with Crippen LogP contribution in [0.2, 0.25) is 0 Å². The third kappa shape index (κ3) is 3.61. The Labute approximate surface area is 145 Å². The van der Waals surface area contributed by atoms with E-state index in [1.807, 2.05) is 48.5 Å². The Hall–Kier alpha value is -2.14. The van der Waals surface area contributed by atoms with Crippen molar-refractivity contribution in [3.63, 3.8) is 0 Å². The van der Waals surface area contributed by atoms with E-state index in [-0.39, 0.29) is 5.97 Å². The van der Waals surface area contributed by atoms with E-state index in [4.69, 9.17) is 7.06 Å². The molecular weight excluding hydrogens is 483 g/mol. The fraction of sp³-hybridized carbons (Fsp3) is 0.0588. The van der Waals surface area contributed by atoms with E-state index in [1.54, 1.807) is 6.07 Å². The molecule has 1 heterocycles. The molecule has 1 aromatic heterocycles. The van der Waals surface area contributed by atoms with E-state index in [1.165, 1.54) is 6.92 Å². The summed E-state index contributed by atoms with van der Waals surface area (Å²) < 4.78 is 11.1.